The number of phenols is 1. The Bertz CT molecular complexity index is 1130. The van der Waals surface area contributed by atoms with Crippen molar-refractivity contribution in [3.63, 3.8) is 0 Å². The van der Waals surface area contributed by atoms with Crippen LogP contribution in [0.2, 0.25) is 5.02 Å². The number of halogens is 1. The average molecular weight is 405 g/mol. The maximum absolute atomic E-state index is 9.80. The zero-order valence-corrected chi connectivity index (χ0v) is 16.1. The Morgan fingerprint density at radius 2 is 1.83 bits per heavy atom. The number of benzene rings is 3. The van der Waals surface area contributed by atoms with E-state index in [0.29, 0.717) is 28.7 Å². The van der Waals surface area contributed by atoms with Crippen molar-refractivity contribution >= 4 is 11.6 Å². The summed E-state index contributed by atoms with van der Waals surface area (Å²) in [4.78, 5) is 0. The first-order valence-corrected chi connectivity index (χ1v) is 9.31. The molecule has 0 aliphatic carbocycles. The number of fused-ring (bicyclic) bond motifs is 1. The van der Waals surface area contributed by atoms with Gasteiger partial charge in [0.2, 0.25) is 5.88 Å². The molecule has 0 amide bonds. The molecule has 3 aromatic rings. The molecule has 1 heterocycles. The Morgan fingerprint density at radius 1 is 1.07 bits per heavy atom. The van der Waals surface area contributed by atoms with Gasteiger partial charge in [0, 0.05) is 22.2 Å². The van der Waals surface area contributed by atoms with Crippen molar-refractivity contribution in [1.82, 2.24) is 0 Å². The smallest absolute Gasteiger partial charge is 0.205 e. The first-order chi connectivity index (χ1) is 14.1. The van der Waals surface area contributed by atoms with E-state index in [0.717, 1.165) is 16.7 Å². The zero-order valence-electron chi connectivity index (χ0n) is 15.3. The molecule has 6 heteroatoms. The van der Waals surface area contributed by atoms with E-state index >= 15 is 0 Å². The van der Waals surface area contributed by atoms with E-state index < -0.39 is 5.92 Å². The predicted molar refractivity (Wildman–Crippen MR) is 110 cm³/mol. The number of hydrogen-bond donors (Lipinski definition) is 2. The molecule has 0 unspecified atom stereocenters. The first-order valence-electron chi connectivity index (χ1n) is 8.93. The second-order valence-corrected chi connectivity index (χ2v) is 7.04. The molecule has 144 valence electrons. The van der Waals surface area contributed by atoms with Gasteiger partial charge in [-0.05, 0) is 29.8 Å². The van der Waals surface area contributed by atoms with Crippen molar-refractivity contribution in [2.24, 2.45) is 5.73 Å². The van der Waals surface area contributed by atoms with Crippen LogP contribution in [0.1, 0.15) is 22.6 Å². The van der Waals surface area contributed by atoms with E-state index in [9.17, 15) is 10.4 Å². The molecule has 1 atom stereocenters. The van der Waals surface area contributed by atoms with Gasteiger partial charge in [-0.15, -0.1) is 0 Å². The Kier molecular flexibility index (Phi) is 5.03. The van der Waals surface area contributed by atoms with Crippen LogP contribution in [-0.4, -0.2) is 5.11 Å². The molecule has 3 aromatic carbocycles. The Hall–Kier alpha value is -3.62. The van der Waals surface area contributed by atoms with Crippen LogP contribution in [0, 0.1) is 11.3 Å². The predicted octanol–water partition coefficient (Wildman–Crippen LogP) is 4.84. The molecule has 0 bridgehead atoms. The van der Waals surface area contributed by atoms with Crippen molar-refractivity contribution in [1.29, 1.82) is 5.26 Å². The Morgan fingerprint density at radius 3 is 2.59 bits per heavy atom. The van der Waals surface area contributed by atoms with Crippen LogP contribution in [0.4, 0.5) is 0 Å². The molecule has 0 saturated carbocycles. The van der Waals surface area contributed by atoms with Gasteiger partial charge in [-0.3, -0.25) is 0 Å². The lowest BCUT2D eigenvalue weighted by atomic mass is 9.83. The van der Waals surface area contributed by atoms with Crippen molar-refractivity contribution in [3.8, 4) is 23.3 Å². The fourth-order valence-electron chi connectivity index (χ4n) is 3.36. The molecule has 0 spiro atoms. The standard InChI is InChI=1S/C23H17ClN2O3/c24-15-7-5-14(6-8-15)13-28-20-4-2-1-3-17(20)22-18-10-9-16(27)11-21(18)29-23(26)19(22)12-25/h1-11,22,27H,13,26H2/t22-/m1/s1. The van der Waals surface area contributed by atoms with Crippen LogP contribution in [0.25, 0.3) is 0 Å². The van der Waals surface area contributed by atoms with Crippen LogP contribution >= 0.6 is 11.6 Å². The van der Waals surface area contributed by atoms with Crippen LogP contribution in [0.15, 0.2) is 78.2 Å². The second-order valence-electron chi connectivity index (χ2n) is 6.60. The highest BCUT2D eigenvalue weighted by Crippen LogP contribution is 2.45. The van der Waals surface area contributed by atoms with Crippen LogP contribution in [-0.2, 0) is 6.61 Å². The molecular weight excluding hydrogens is 388 g/mol. The summed E-state index contributed by atoms with van der Waals surface area (Å²) in [6.07, 6.45) is 0. The number of rotatable bonds is 4. The van der Waals surface area contributed by atoms with Gasteiger partial charge < -0.3 is 20.3 Å². The Balaban J connectivity index is 1.74. The van der Waals surface area contributed by atoms with Gasteiger partial charge >= 0.3 is 0 Å². The summed E-state index contributed by atoms with van der Waals surface area (Å²) in [6, 6.07) is 21.9. The van der Waals surface area contributed by atoms with E-state index in [1.165, 1.54) is 6.07 Å². The zero-order chi connectivity index (χ0) is 20.4. The number of hydrogen-bond acceptors (Lipinski definition) is 5. The van der Waals surface area contributed by atoms with E-state index in [1.54, 1.807) is 12.1 Å². The second kappa shape index (κ2) is 7.78. The summed E-state index contributed by atoms with van der Waals surface area (Å²) >= 11 is 5.94. The van der Waals surface area contributed by atoms with Gasteiger partial charge in [0.15, 0.2) is 0 Å². The third-order valence-corrected chi connectivity index (χ3v) is 4.99. The van der Waals surface area contributed by atoms with Crippen LogP contribution in [0.3, 0.4) is 0 Å². The fourth-order valence-corrected chi connectivity index (χ4v) is 3.48. The molecule has 0 radical (unpaired) electrons. The normalized spacial score (nSPS) is 15.2. The number of ether oxygens (including phenoxy) is 2. The van der Waals surface area contributed by atoms with E-state index in [2.05, 4.69) is 6.07 Å². The molecule has 0 aromatic heterocycles. The van der Waals surface area contributed by atoms with Crippen molar-refractivity contribution < 1.29 is 14.6 Å². The Labute approximate surface area is 173 Å². The lowest BCUT2D eigenvalue weighted by Crippen LogP contribution is -2.21. The summed E-state index contributed by atoms with van der Waals surface area (Å²) in [5.41, 5.74) is 8.80. The molecule has 1 aliphatic heterocycles. The van der Waals surface area contributed by atoms with Crippen molar-refractivity contribution in [2.45, 2.75) is 12.5 Å². The van der Waals surface area contributed by atoms with Gasteiger partial charge in [-0.2, -0.15) is 5.26 Å². The SMILES string of the molecule is N#CC1=C(N)Oc2cc(O)ccc2[C@H]1c1ccccc1OCc1ccc(Cl)cc1. The summed E-state index contributed by atoms with van der Waals surface area (Å²) < 4.78 is 11.6. The van der Waals surface area contributed by atoms with E-state index in [-0.39, 0.29) is 11.6 Å². The van der Waals surface area contributed by atoms with Gasteiger partial charge in [-0.1, -0.05) is 48.0 Å². The quantitative estimate of drug-likeness (QED) is 0.649. The minimum Gasteiger partial charge on any atom is -0.508 e. The van der Waals surface area contributed by atoms with Crippen LogP contribution in [0.5, 0.6) is 17.2 Å². The number of nitriles is 1. The fraction of sp³-hybridized carbons (Fsp3) is 0.0870. The highest BCUT2D eigenvalue weighted by molar-refractivity contribution is 6.30. The molecule has 0 saturated heterocycles. The van der Waals surface area contributed by atoms with E-state index in [4.69, 9.17) is 26.8 Å². The summed E-state index contributed by atoms with van der Waals surface area (Å²) in [5, 5.41) is 20.2. The molecule has 29 heavy (non-hydrogen) atoms. The highest BCUT2D eigenvalue weighted by atomic mass is 35.5. The third-order valence-electron chi connectivity index (χ3n) is 4.74. The maximum Gasteiger partial charge on any atom is 0.205 e. The van der Waals surface area contributed by atoms with Crippen molar-refractivity contribution in [3.05, 3.63) is 99.9 Å². The van der Waals surface area contributed by atoms with Gasteiger partial charge in [0.05, 0.1) is 5.92 Å². The lowest BCUT2D eigenvalue weighted by molar-refractivity contribution is 0.301. The molecule has 3 N–H and O–H groups in total. The number of aromatic hydroxyl groups is 1. The maximum atomic E-state index is 9.80. The van der Waals surface area contributed by atoms with Gasteiger partial charge in [0.1, 0.15) is 35.5 Å². The highest BCUT2D eigenvalue weighted by Gasteiger charge is 2.32. The summed E-state index contributed by atoms with van der Waals surface area (Å²) in [5.74, 6) is 0.657. The minimum atomic E-state index is -0.467. The molecule has 5 nitrogen and oxygen atoms in total. The number of nitrogens with zero attached hydrogens (tertiary/aromatic N) is 1. The number of nitrogens with two attached hydrogens (primary N) is 1. The van der Waals surface area contributed by atoms with E-state index in [1.807, 2.05) is 48.5 Å². The number of allylic oxidation sites excluding steroid dienone is 1. The average Bonchev–Trinajstić information content (AvgIpc) is 2.72. The molecule has 1 aliphatic rings. The molecule has 0 fully saturated rings. The number of phenolic OH excluding ortho intramolecular Hbond substituents is 1. The van der Waals surface area contributed by atoms with Crippen molar-refractivity contribution in [2.75, 3.05) is 0 Å². The first kappa shape index (κ1) is 18.7. The summed E-state index contributed by atoms with van der Waals surface area (Å²) in [7, 11) is 0. The lowest BCUT2D eigenvalue weighted by Gasteiger charge is -2.27. The topological polar surface area (TPSA) is 88.5 Å². The largest absolute Gasteiger partial charge is 0.508 e. The third kappa shape index (κ3) is 3.71. The number of para-hydroxylation sites is 1. The molecular formula is C23H17ClN2O3. The minimum absolute atomic E-state index is 0.0168. The van der Waals surface area contributed by atoms with Crippen LogP contribution < -0.4 is 15.2 Å². The summed E-state index contributed by atoms with van der Waals surface area (Å²) in [6.45, 7) is 0.348. The molecule has 4 rings (SSSR count). The van der Waals surface area contributed by atoms with Gasteiger partial charge in [0.25, 0.3) is 0 Å². The van der Waals surface area contributed by atoms with Gasteiger partial charge in [-0.25, -0.2) is 0 Å². The monoisotopic (exact) mass is 404 g/mol.